The Labute approximate surface area is 88.3 Å². The average molecular weight is 214 g/mol. The lowest BCUT2D eigenvalue weighted by Crippen LogP contribution is -2.17. The SMILES string of the molecule is CC(C)c1cn(C2CCC2)nc1C(F)F. The van der Waals surface area contributed by atoms with E-state index in [1.54, 1.807) is 10.9 Å². The minimum Gasteiger partial charge on any atom is -0.269 e. The number of nitrogens with zero attached hydrogens (tertiary/aromatic N) is 2. The summed E-state index contributed by atoms with van der Waals surface area (Å²) in [6.45, 7) is 3.85. The van der Waals surface area contributed by atoms with Gasteiger partial charge in [0.05, 0.1) is 6.04 Å². The zero-order valence-electron chi connectivity index (χ0n) is 9.08. The van der Waals surface area contributed by atoms with Gasteiger partial charge in [0.25, 0.3) is 6.43 Å². The lowest BCUT2D eigenvalue weighted by atomic mass is 9.93. The molecule has 1 aliphatic rings. The van der Waals surface area contributed by atoms with E-state index in [9.17, 15) is 8.78 Å². The largest absolute Gasteiger partial charge is 0.282 e. The van der Waals surface area contributed by atoms with Crippen LogP contribution in [0, 0.1) is 0 Å². The Hall–Kier alpha value is -0.930. The first-order valence-corrected chi connectivity index (χ1v) is 5.46. The topological polar surface area (TPSA) is 17.8 Å². The Bertz CT molecular complexity index is 315. The third kappa shape index (κ3) is 1.90. The Morgan fingerprint density at radius 2 is 2.07 bits per heavy atom. The van der Waals surface area contributed by atoms with E-state index < -0.39 is 6.43 Å². The molecule has 1 fully saturated rings. The van der Waals surface area contributed by atoms with Crippen molar-refractivity contribution in [3.63, 3.8) is 0 Å². The molecule has 15 heavy (non-hydrogen) atoms. The van der Waals surface area contributed by atoms with Crippen LogP contribution in [0.3, 0.4) is 0 Å². The molecule has 0 aliphatic heterocycles. The molecule has 0 saturated heterocycles. The smallest absolute Gasteiger partial charge is 0.269 e. The highest BCUT2D eigenvalue weighted by molar-refractivity contribution is 5.22. The average Bonchev–Trinajstić information content (AvgIpc) is 2.45. The highest BCUT2D eigenvalue weighted by Gasteiger charge is 2.25. The van der Waals surface area contributed by atoms with Crippen LogP contribution in [0.5, 0.6) is 0 Å². The molecule has 84 valence electrons. The Balaban J connectivity index is 2.30. The van der Waals surface area contributed by atoms with Gasteiger partial charge in [0, 0.05) is 11.8 Å². The molecule has 0 spiro atoms. The molecule has 1 heterocycles. The fourth-order valence-electron chi connectivity index (χ4n) is 1.87. The molecule has 0 atom stereocenters. The van der Waals surface area contributed by atoms with E-state index in [1.807, 2.05) is 13.8 Å². The van der Waals surface area contributed by atoms with Crippen LogP contribution in [0.4, 0.5) is 8.78 Å². The van der Waals surface area contributed by atoms with Crippen LogP contribution in [-0.4, -0.2) is 9.78 Å². The number of halogens is 2. The summed E-state index contributed by atoms with van der Waals surface area (Å²) in [7, 11) is 0. The van der Waals surface area contributed by atoms with E-state index in [2.05, 4.69) is 5.10 Å². The number of hydrogen-bond donors (Lipinski definition) is 0. The summed E-state index contributed by atoms with van der Waals surface area (Å²) in [5.74, 6) is 0.114. The van der Waals surface area contributed by atoms with E-state index in [-0.39, 0.29) is 11.6 Å². The van der Waals surface area contributed by atoms with Crippen molar-refractivity contribution < 1.29 is 8.78 Å². The van der Waals surface area contributed by atoms with E-state index in [0.717, 1.165) is 12.8 Å². The molecule has 0 unspecified atom stereocenters. The van der Waals surface area contributed by atoms with Crippen LogP contribution < -0.4 is 0 Å². The Morgan fingerprint density at radius 1 is 1.40 bits per heavy atom. The molecule has 1 aromatic rings. The van der Waals surface area contributed by atoms with Crippen LogP contribution in [-0.2, 0) is 0 Å². The van der Waals surface area contributed by atoms with Crippen molar-refractivity contribution in [2.75, 3.05) is 0 Å². The first kappa shape index (κ1) is 10.6. The molecule has 2 nitrogen and oxygen atoms in total. The fourth-order valence-corrected chi connectivity index (χ4v) is 1.87. The van der Waals surface area contributed by atoms with E-state index in [4.69, 9.17) is 0 Å². The van der Waals surface area contributed by atoms with Crippen molar-refractivity contribution in [2.24, 2.45) is 0 Å². The van der Waals surface area contributed by atoms with Gasteiger partial charge in [0.15, 0.2) is 0 Å². The first-order chi connectivity index (χ1) is 7.09. The predicted octanol–water partition coefficient (Wildman–Crippen LogP) is 3.67. The van der Waals surface area contributed by atoms with Crippen molar-refractivity contribution in [3.05, 3.63) is 17.5 Å². The maximum absolute atomic E-state index is 12.7. The summed E-state index contributed by atoms with van der Waals surface area (Å²) in [6, 6.07) is 0.356. The molecule has 0 aromatic carbocycles. The second kappa shape index (κ2) is 3.91. The summed E-state index contributed by atoms with van der Waals surface area (Å²) in [5, 5.41) is 4.02. The lowest BCUT2D eigenvalue weighted by Gasteiger charge is -2.25. The second-order valence-corrected chi connectivity index (χ2v) is 4.49. The van der Waals surface area contributed by atoms with Gasteiger partial charge in [-0.1, -0.05) is 13.8 Å². The summed E-state index contributed by atoms with van der Waals surface area (Å²) < 4.78 is 27.2. The predicted molar refractivity (Wildman–Crippen MR) is 54.2 cm³/mol. The van der Waals surface area contributed by atoms with Gasteiger partial charge in [-0.3, -0.25) is 4.68 Å². The van der Waals surface area contributed by atoms with Gasteiger partial charge in [0.2, 0.25) is 0 Å². The van der Waals surface area contributed by atoms with Gasteiger partial charge in [-0.15, -0.1) is 0 Å². The fraction of sp³-hybridized carbons (Fsp3) is 0.727. The monoisotopic (exact) mass is 214 g/mol. The van der Waals surface area contributed by atoms with Crippen molar-refractivity contribution >= 4 is 0 Å². The molecule has 4 heteroatoms. The molecular weight excluding hydrogens is 198 g/mol. The third-order valence-electron chi connectivity index (χ3n) is 3.07. The van der Waals surface area contributed by atoms with Crippen LogP contribution in [0.2, 0.25) is 0 Å². The van der Waals surface area contributed by atoms with Gasteiger partial charge >= 0.3 is 0 Å². The van der Waals surface area contributed by atoms with E-state index in [0.29, 0.717) is 11.6 Å². The Morgan fingerprint density at radius 3 is 2.40 bits per heavy atom. The van der Waals surface area contributed by atoms with E-state index in [1.165, 1.54) is 6.42 Å². The molecule has 1 aromatic heterocycles. The van der Waals surface area contributed by atoms with Crippen LogP contribution in [0.25, 0.3) is 0 Å². The van der Waals surface area contributed by atoms with Crippen LogP contribution in [0.15, 0.2) is 6.20 Å². The third-order valence-corrected chi connectivity index (χ3v) is 3.07. The van der Waals surface area contributed by atoms with Crippen molar-refractivity contribution in [1.29, 1.82) is 0 Å². The number of alkyl halides is 2. The van der Waals surface area contributed by atoms with Gasteiger partial charge in [-0.2, -0.15) is 5.10 Å². The molecule has 0 bridgehead atoms. The molecule has 1 aliphatic carbocycles. The summed E-state index contributed by atoms with van der Waals surface area (Å²) >= 11 is 0. The number of rotatable bonds is 3. The maximum atomic E-state index is 12.7. The van der Waals surface area contributed by atoms with Crippen molar-refractivity contribution in [1.82, 2.24) is 9.78 Å². The second-order valence-electron chi connectivity index (χ2n) is 4.49. The summed E-state index contributed by atoms with van der Waals surface area (Å²) in [5.41, 5.74) is 0.661. The van der Waals surface area contributed by atoms with Gasteiger partial charge in [-0.25, -0.2) is 8.78 Å². The highest BCUT2D eigenvalue weighted by Crippen LogP contribution is 2.34. The van der Waals surface area contributed by atoms with Crippen molar-refractivity contribution in [3.8, 4) is 0 Å². The minimum atomic E-state index is -2.45. The molecule has 1 saturated carbocycles. The normalized spacial score (nSPS) is 17.5. The first-order valence-electron chi connectivity index (χ1n) is 5.46. The molecule has 0 N–H and O–H groups in total. The van der Waals surface area contributed by atoms with Gasteiger partial charge < -0.3 is 0 Å². The molecule has 0 amide bonds. The lowest BCUT2D eigenvalue weighted by molar-refractivity contribution is 0.142. The maximum Gasteiger partial charge on any atom is 0.282 e. The van der Waals surface area contributed by atoms with Crippen LogP contribution >= 0.6 is 0 Å². The van der Waals surface area contributed by atoms with Crippen molar-refractivity contribution in [2.45, 2.75) is 51.5 Å². The summed E-state index contributed by atoms with van der Waals surface area (Å²) in [6.07, 6.45) is 2.68. The summed E-state index contributed by atoms with van der Waals surface area (Å²) in [4.78, 5) is 0. The molecular formula is C11H16F2N2. The number of hydrogen-bond acceptors (Lipinski definition) is 1. The quantitative estimate of drug-likeness (QED) is 0.750. The molecule has 0 radical (unpaired) electrons. The van der Waals surface area contributed by atoms with Crippen LogP contribution in [0.1, 0.15) is 62.8 Å². The zero-order valence-corrected chi connectivity index (χ0v) is 9.08. The number of aromatic nitrogens is 2. The van der Waals surface area contributed by atoms with E-state index >= 15 is 0 Å². The highest BCUT2D eigenvalue weighted by atomic mass is 19.3. The van der Waals surface area contributed by atoms with Gasteiger partial charge in [0.1, 0.15) is 5.69 Å². The minimum absolute atomic E-state index is 0.0306. The van der Waals surface area contributed by atoms with Gasteiger partial charge in [-0.05, 0) is 25.2 Å². The zero-order chi connectivity index (χ0) is 11.0. The molecule has 2 rings (SSSR count). The Kier molecular flexibility index (Phi) is 2.76. The standard InChI is InChI=1S/C11H16F2N2/c1-7(2)9-6-15(8-4-3-5-8)14-10(9)11(12)13/h6-8,11H,3-5H2,1-2H3.